The molecule has 1 aromatic heterocycles. The van der Waals surface area contributed by atoms with Crippen LogP contribution in [0.1, 0.15) is 21.5 Å². The van der Waals surface area contributed by atoms with E-state index in [1.54, 1.807) is 24.3 Å². The van der Waals surface area contributed by atoms with Crippen molar-refractivity contribution in [3.05, 3.63) is 76.6 Å². The molecular formula is C19H17ClN4O. The van der Waals surface area contributed by atoms with Crippen LogP contribution < -0.4 is 10.6 Å². The first kappa shape index (κ1) is 16.9. The summed E-state index contributed by atoms with van der Waals surface area (Å²) in [7, 11) is 0. The van der Waals surface area contributed by atoms with Gasteiger partial charge in [0.1, 0.15) is 0 Å². The summed E-state index contributed by atoms with van der Waals surface area (Å²) in [4.78, 5) is 20.6. The van der Waals surface area contributed by atoms with Gasteiger partial charge in [-0.05, 0) is 55.3 Å². The Kier molecular flexibility index (Phi) is 4.95. The maximum atomic E-state index is 12.2. The van der Waals surface area contributed by atoms with Crippen LogP contribution in [-0.4, -0.2) is 15.9 Å². The molecule has 1 amide bonds. The average molecular weight is 353 g/mol. The highest BCUT2D eigenvalue weighted by atomic mass is 35.5. The smallest absolute Gasteiger partial charge is 0.258 e. The number of carbonyl (C=O) groups is 1. The van der Waals surface area contributed by atoms with Crippen LogP contribution in [0.2, 0.25) is 5.02 Å². The monoisotopic (exact) mass is 352 g/mol. The molecular weight excluding hydrogens is 336 g/mol. The minimum absolute atomic E-state index is 0.291. The van der Waals surface area contributed by atoms with E-state index in [-0.39, 0.29) is 5.91 Å². The Balaban J connectivity index is 1.70. The van der Waals surface area contributed by atoms with Crippen LogP contribution in [0.3, 0.4) is 0 Å². The fourth-order valence-corrected chi connectivity index (χ4v) is 2.65. The fourth-order valence-electron chi connectivity index (χ4n) is 2.46. The molecule has 0 atom stereocenters. The van der Waals surface area contributed by atoms with Gasteiger partial charge in [-0.1, -0.05) is 23.7 Å². The summed E-state index contributed by atoms with van der Waals surface area (Å²) in [6, 6.07) is 13.1. The highest BCUT2D eigenvalue weighted by molar-refractivity contribution is 6.30. The summed E-state index contributed by atoms with van der Waals surface area (Å²) in [6.07, 6.45) is 2.97. The van der Waals surface area contributed by atoms with E-state index >= 15 is 0 Å². The van der Waals surface area contributed by atoms with E-state index in [4.69, 9.17) is 11.6 Å². The van der Waals surface area contributed by atoms with Crippen molar-refractivity contribution in [2.75, 3.05) is 10.6 Å². The van der Waals surface area contributed by atoms with Gasteiger partial charge in [0.25, 0.3) is 5.91 Å². The van der Waals surface area contributed by atoms with E-state index in [0.717, 1.165) is 16.8 Å². The number of amides is 1. The van der Waals surface area contributed by atoms with Crippen LogP contribution >= 0.6 is 11.6 Å². The van der Waals surface area contributed by atoms with Crippen LogP contribution in [-0.2, 0) is 0 Å². The van der Waals surface area contributed by atoms with Gasteiger partial charge in [0.05, 0.1) is 5.56 Å². The van der Waals surface area contributed by atoms with Crippen LogP contribution in [0, 0.1) is 13.8 Å². The number of hydrogen-bond donors (Lipinski definition) is 2. The molecule has 3 rings (SSSR count). The third-order valence-electron chi connectivity index (χ3n) is 3.47. The fraction of sp³-hybridized carbons (Fsp3) is 0.105. The van der Waals surface area contributed by atoms with Crippen molar-refractivity contribution < 1.29 is 4.79 Å². The van der Waals surface area contributed by atoms with E-state index in [2.05, 4.69) is 26.7 Å². The number of benzene rings is 2. The molecule has 3 aromatic rings. The van der Waals surface area contributed by atoms with Gasteiger partial charge in [0.15, 0.2) is 0 Å². The normalized spacial score (nSPS) is 10.4. The van der Waals surface area contributed by atoms with Gasteiger partial charge in [-0.15, -0.1) is 0 Å². The highest BCUT2D eigenvalue weighted by Crippen LogP contribution is 2.18. The van der Waals surface area contributed by atoms with Gasteiger partial charge in [-0.3, -0.25) is 4.79 Å². The largest absolute Gasteiger partial charge is 0.324 e. The maximum absolute atomic E-state index is 12.2. The zero-order valence-corrected chi connectivity index (χ0v) is 14.6. The molecule has 0 spiro atoms. The third kappa shape index (κ3) is 4.55. The molecule has 126 valence electrons. The van der Waals surface area contributed by atoms with Gasteiger partial charge in [-0.25, -0.2) is 9.97 Å². The first-order valence-corrected chi connectivity index (χ1v) is 8.12. The molecule has 0 aliphatic carbocycles. The molecule has 5 nitrogen and oxygen atoms in total. The Morgan fingerprint density at radius 1 is 0.960 bits per heavy atom. The standard InChI is InChI=1S/C19H17ClN4O/c1-12-6-13(2)8-17(7-12)24-19-21-10-14(11-22-19)18(25)23-16-5-3-4-15(20)9-16/h3-11H,1-2H3,(H,23,25)(H,21,22,24). The van der Waals surface area contributed by atoms with E-state index < -0.39 is 0 Å². The number of nitrogens with zero attached hydrogens (tertiary/aromatic N) is 2. The van der Waals surface area contributed by atoms with E-state index in [9.17, 15) is 4.79 Å². The molecule has 0 fully saturated rings. The number of rotatable bonds is 4. The quantitative estimate of drug-likeness (QED) is 0.711. The van der Waals surface area contributed by atoms with E-state index in [0.29, 0.717) is 22.2 Å². The lowest BCUT2D eigenvalue weighted by molar-refractivity contribution is 0.102. The van der Waals surface area contributed by atoms with Crippen molar-refractivity contribution in [1.82, 2.24) is 9.97 Å². The molecule has 0 radical (unpaired) electrons. The summed E-state index contributed by atoms with van der Waals surface area (Å²) >= 11 is 5.91. The number of hydrogen-bond acceptors (Lipinski definition) is 4. The molecule has 2 aromatic carbocycles. The van der Waals surface area contributed by atoms with Gasteiger partial charge in [-0.2, -0.15) is 0 Å². The molecule has 0 aliphatic heterocycles. The highest BCUT2D eigenvalue weighted by Gasteiger charge is 2.08. The zero-order chi connectivity index (χ0) is 17.8. The molecule has 0 saturated carbocycles. The Morgan fingerprint density at radius 2 is 1.64 bits per heavy atom. The number of halogens is 1. The van der Waals surface area contributed by atoms with Crippen molar-refractivity contribution in [2.24, 2.45) is 0 Å². The Labute approximate surface area is 151 Å². The predicted molar refractivity (Wildman–Crippen MR) is 101 cm³/mol. The van der Waals surface area contributed by atoms with Crippen molar-refractivity contribution >= 4 is 34.8 Å². The topological polar surface area (TPSA) is 66.9 Å². The van der Waals surface area contributed by atoms with Crippen molar-refractivity contribution in [1.29, 1.82) is 0 Å². The number of anilines is 3. The third-order valence-corrected chi connectivity index (χ3v) is 3.71. The summed E-state index contributed by atoms with van der Waals surface area (Å²) in [6.45, 7) is 4.06. The molecule has 25 heavy (non-hydrogen) atoms. The number of carbonyl (C=O) groups excluding carboxylic acids is 1. The van der Waals surface area contributed by atoms with Gasteiger partial charge < -0.3 is 10.6 Å². The van der Waals surface area contributed by atoms with Gasteiger partial charge in [0, 0.05) is 28.8 Å². The van der Waals surface area contributed by atoms with E-state index in [1.807, 2.05) is 26.0 Å². The second-order valence-electron chi connectivity index (χ2n) is 5.76. The van der Waals surface area contributed by atoms with Crippen molar-refractivity contribution in [3.63, 3.8) is 0 Å². The molecule has 0 unspecified atom stereocenters. The predicted octanol–water partition coefficient (Wildman–Crippen LogP) is 4.74. The van der Waals surface area contributed by atoms with Gasteiger partial charge >= 0.3 is 0 Å². The maximum Gasteiger partial charge on any atom is 0.258 e. The Hall–Kier alpha value is -2.92. The number of aromatic nitrogens is 2. The molecule has 6 heteroatoms. The lowest BCUT2D eigenvalue weighted by atomic mass is 10.1. The number of aryl methyl sites for hydroxylation is 2. The van der Waals surface area contributed by atoms with Crippen molar-refractivity contribution in [2.45, 2.75) is 13.8 Å². The Morgan fingerprint density at radius 3 is 2.28 bits per heavy atom. The zero-order valence-electron chi connectivity index (χ0n) is 13.9. The molecule has 0 bridgehead atoms. The van der Waals surface area contributed by atoms with Crippen LogP contribution in [0.15, 0.2) is 54.9 Å². The lowest BCUT2D eigenvalue weighted by Gasteiger charge is -2.08. The second-order valence-corrected chi connectivity index (χ2v) is 6.20. The summed E-state index contributed by atoms with van der Waals surface area (Å²) in [5.41, 5.74) is 4.20. The minimum Gasteiger partial charge on any atom is -0.324 e. The lowest BCUT2D eigenvalue weighted by Crippen LogP contribution is -2.13. The number of nitrogens with one attached hydrogen (secondary N) is 2. The molecule has 1 heterocycles. The van der Waals surface area contributed by atoms with Crippen LogP contribution in [0.5, 0.6) is 0 Å². The molecule has 0 saturated heterocycles. The minimum atomic E-state index is -0.291. The second kappa shape index (κ2) is 7.32. The molecule has 0 aliphatic rings. The van der Waals surface area contributed by atoms with Crippen LogP contribution in [0.25, 0.3) is 0 Å². The van der Waals surface area contributed by atoms with Crippen molar-refractivity contribution in [3.8, 4) is 0 Å². The Bertz CT molecular complexity index is 889. The summed E-state index contributed by atoms with van der Waals surface area (Å²) in [5, 5.41) is 6.45. The first-order valence-electron chi connectivity index (χ1n) is 7.74. The average Bonchev–Trinajstić information content (AvgIpc) is 2.54. The summed E-state index contributed by atoms with van der Waals surface area (Å²) in [5.74, 6) is 0.143. The summed E-state index contributed by atoms with van der Waals surface area (Å²) < 4.78 is 0. The SMILES string of the molecule is Cc1cc(C)cc(Nc2ncc(C(=O)Nc3cccc(Cl)c3)cn2)c1. The van der Waals surface area contributed by atoms with Crippen LogP contribution in [0.4, 0.5) is 17.3 Å². The molecule has 2 N–H and O–H groups in total. The first-order chi connectivity index (χ1) is 12.0. The van der Waals surface area contributed by atoms with Gasteiger partial charge in [0.2, 0.25) is 5.95 Å². The van der Waals surface area contributed by atoms with E-state index in [1.165, 1.54) is 12.4 Å².